The van der Waals surface area contributed by atoms with Crippen LogP contribution in [0.3, 0.4) is 0 Å². The second-order valence-corrected chi connectivity index (χ2v) is 6.91. The van der Waals surface area contributed by atoms with Crippen molar-refractivity contribution in [2.45, 2.75) is 24.6 Å². The van der Waals surface area contributed by atoms with E-state index in [2.05, 4.69) is 16.6 Å². The summed E-state index contributed by atoms with van der Waals surface area (Å²) in [4.78, 5) is 0.968. The molecule has 17 heavy (non-hydrogen) atoms. The van der Waals surface area contributed by atoms with Gasteiger partial charge in [-0.05, 0) is 18.9 Å². The summed E-state index contributed by atoms with van der Waals surface area (Å²) >= 11 is 1.50. The van der Waals surface area contributed by atoms with Crippen molar-refractivity contribution in [2.24, 2.45) is 5.73 Å². The van der Waals surface area contributed by atoms with Crippen molar-refractivity contribution in [3.8, 4) is 11.8 Å². The molecule has 1 heterocycles. The lowest BCUT2D eigenvalue weighted by Crippen LogP contribution is -2.26. The fourth-order valence-electron chi connectivity index (χ4n) is 1.36. The topological polar surface area (TPSA) is 72.2 Å². The first kappa shape index (κ1) is 12.6. The third-order valence-electron chi connectivity index (χ3n) is 2.40. The Labute approximate surface area is 105 Å². The summed E-state index contributed by atoms with van der Waals surface area (Å²) in [6.45, 7) is 0.688. The molecule has 92 valence electrons. The zero-order valence-electron chi connectivity index (χ0n) is 9.27. The van der Waals surface area contributed by atoms with Crippen LogP contribution >= 0.6 is 11.3 Å². The smallest absolute Gasteiger partial charge is 0.214 e. The van der Waals surface area contributed by atoms with E-state index in [1.807, 2.05) is 11.4 Å². The van der Waals surface area contributed by atoms with Crippen molar-refractivity contribution in [1.82, 2.24) is 4.72 Å². The summed E-state index contributed by atoms with van der Waals surface area (Å²) in [5.41, 5.74) is 6.17. The number of nitrogens with one attached hydrogen (secondary N) is 1. The summed E-state index contributed by atoms with van der Waals surface area (Å²) in [5, 5.41) is 1.74. The van der Waals surface area contributed by atoms with E-state index < -0.39 is 10.0 Å². The highest BCUT2D eigenvalue weighted by atomic mass is 32.2. The molecule has 0 bridgehead atoms. The summed E-state index contributed by atoms with van der Waals surface area (Å²) in [6, 6.07) is 1.89. The quantitative estimate of drug-likeness (QED) is 0.789. The second-order valence-electron chi connectivity index (χ2n) is 3.87. The van der Waals surface area contributed by atoms with Crippen LogP contribution in [-0.2, 0) is 16.6 Å². The van der Waals surface area contributed by atoms with E-state index in [0.717, 1.165) is 23.3 Å². The van der Waals surface area contributed by atoms with Crippen LogP contribution < -0.4 is 10.5 Å². The van der Waals surface area contributed by atoms with E-state index in [4.69, 9.17) is 5.73 Å². The fourth-order valence-corrected chi connectivity index (χ4v) is 3.56. The molecular weight excluding hydrogens is 256 g/mol. The fraction of sp³-hybridized carbons (Fsp3) is 0.455. The number of sulfonamides is 1. The molecule has 4 nitrogen and oxygen atoms in total. The molecule has 0 amide bonds. The van der Waals surface area contributed by atoms with E-state index in [9.17, 15) is 8.42 Å². The molecule has 0 aliphatic heterocycles. The van der Waals surface area contributed by atoms with Crippen molar-refractivity contribution in [3.63, 3.8) is 0 Å². The molecule has 2 rings (SSSR count). The van der Waals surface area contributed by atoms with Gasteiger partial charge < -0.3 is 5.73 Å². The Morgan fingerprint density at radius 1 is 1.53 bits per heavy atom. The number of nitrogens with two attached hydrogens (primary N) is 1. The summed E-state index contributed by atoms with van der Waals surface area (Å²) in [7, 11) is -3.09. The van der Waals surface area contributed by atoms with Gasteiger partial charge in [-0.1, -0.05) is 11.8 Å². The van der Waals surface area contributed by atoms with Crippen LogP contribution in [0.2, 0.25) is 0 Å². The normalized spacial score (nSPS) is 15.4. The average Bonchev–Trinajstić information content (AvgIpc) is 3.06. The molecule has 1 aliphatic rings. The molecule has 1 aromatic heterocycles. The van der Waals surface area contributed by atoms with Crippen LogP contribution in [0.4, 0.5) is 0 Å². The minimum atomic E-state index is -3.09. The van der Waals surface area contributed by atoms with Crippen LogP contribution in [-0.4, -0.2) is 20.2 Å². The molecule has 1 aliphatic carbocycles. The predicted molar refractivity (Wildman–Crippen MR) is 69.0 cm³/mol. The van der Waals surface area contributed by atoms with Crippen molar-refractivity contribution < 1.29 is 8.42 Å². The van der Waals surface area contributed by atoms with Crippen molar-refractivity contribution in [3.05, 3.63) is 21.9 Å². The minimum Gasteiger partial charge on any atom is -0.320 e. The third kappa shape index (κ3) is 3.54. The zero-order valence-corrected chi connectivity index (χ0v) is 10.9. The minimum absolute atomic E-state index is 0.168. The van der Waals surface area contributed by atoms with E-state index in [-0.39, 0.29) is 5.25 Å². The number of thiophene rings is 1. The SMILES string of the molecule is NCC#Cc1csc(CNS(=O)(=O)C2CC2)c1. The largest absolute Gasteiger partial charge is 0.320 e. The van der Waals surface area contributed by atoms with Gasteiger partial charge in [-0.3, -0.25) is 0 Å². The first-order valence-electron chi connectivity index (χ1n) is 5.36. The van der Waals surface area contributed by atoms with Gasteiger partial charge in [0, 0.05) is 22.4 Å². The summed E-state index contributed by atoms with van der Waals surface area (Å²) in [5.74, 6) is 5.68. The molecule has 0 radical (unpaired) electrons. The molecule has 6 heteroatoms. The second kappa shape index (κ2) is 5.19. The Bertz CT molecular complexity index is 548. The van der Waals surface area contributed by atoms with Crippen LogP contribution in [0.1, 0.15) is 23.3 Å². The maximum absolute atomic E-state index is 11.6. The lowest BCUT2D eigenvalue weighted by Gasteiger charge is -2.02. The molecule has 0 atom stereocenters. The molecule has 0 aromatic carbocycles. The van der Waals surface area contributed by atoms with Gasteiger partial charge in [0.1, 0.15) is 0 Å². The third-order valence-corrected chi connectivity index (χ3v) is 5.23. The predicted octanol–water partition coefficient (Wildman–Crippen LogP) is 0.640. The Kier molecular flexibility index (Phi) is 3.84. The van der Waals surface area contributed by atoms with E-state index in [1.54, 1.807) is 0 Å². The molecule has 1 saturated carbocycles. The van der Waals surface area contributed by atoms with Gasteiger partial charge in [0.2, 0.25) is 10.0 Å². The lowest BCUT2D eigenvalue weighted by atomic mass is 10.3. The zero-order chi connectivity index (χ0) is 12.3. The molecule has 1 aromatic rings. The molecule has 0 unspecified atom stereocenters. The van der Waals surface area contributed by atoms with Crippen LogP contribution in [0.25, 0.3) is 0 Å². The van der Waals surface area contributed by atoms with Gasteiger partial charge in [0.05, 0.1) is 11.8 Å². The first-order valence-corrected chi connectivity index (χ1v) is 7.79. The molecule has 0 spiro atoms. The number of rotatable bonds is 4. The molecular formula is C11H14N2O2S2. The van der Waals surface area contributed by atoms with E-state index in [1.165, 1.54) is 11.3 Å². The van der Waals surface area contributed by atoms with E-state index >= 15 is 0 Å². The summed E-state index contributed by atoms with van der Waals surface area (Å²) in [6.07, 6.45) is 1.57. The monoisotopic (exact) mass is 270 g/mol. The number of hydrogen-bond donors (Lipinski definition) is 2. The van der Waals surface area contributed by atoms with Gasteiger partial charge in [-0.15, -0.1) is 11.3 Å². The maximum Gasteiger partial charge on any atom is 0.214 e. The Morgan fingerprint density at radius 3 is 2.94 bits per heavy atom. The van der Waals surface area contributed by atoms with Crippen molar-refractivity contribution in [1.29, 1.82) is 0 Å². The number of hydrogen-bond acceptors (Lipinski definition) is 4. The van der Waals surface area contributed by atoms with Crippen molar-refractivity contribution >= 4 is 21.4 Å². The maximum atomic E-state index is 11.6. The Morgan fingerprint density at radius 2 is 2.29 bits per heavy atom. The van der Waals surface area contributed by atoms with Crippen LogP contribution in [0.15, 0.2) is 11.4 Å². The van der Waals surface area contributed by atoms with Gasteiger partial charge >= 0.3 is 0 Å². The molecule has 0 saturated heterocycles. The molecule has 3 N–H and O–H groups in total. The highest BCUT2D eigenvalue weighted by Gasteiger charge is 2.35. The van der Waals surface area contributed by atoms with Gasteiger partial charge in [0.15, 0.2) is 0 Å². The average molecular weight is 270 g/mol. The van der Waals surface area contributed by atoms with Gasteiger partial charge in [-0.25, -0.2) is 13.1 Å². The highest BCUT2D eigenvalue weighted by molar-refractivity contribution is 7.90. The van der Waals surface area contributed by atoms with Gasteiger partial charge in [-0.2, -0.15) is 0 Å². The molecule has 1 fully saturated rings. The Balaban J connectivity index is 1.93. The van der Waals surface area contributed by atoms with Crippen molar-refractivity contribution in [2.75, 3.05) is 6.54 Å². The lowest BCUT2D eigenvalue weighted by molar-refractivity contribution is 0.580. The summed E-state index contributed by atoms with van der Waals surface area (Å²) < 4.78 is 25.8. The Hall–Kier alpha value is -0.870. The van der Waals surface area contributed by atoms with E-state index in [0.29, 0.717) is 13.1 Å². The first-order chi connectivity index (χ1) is 8.12. The highest BCUT2D eigenvalue weighted by Crippen LogP contribution is 2.27. The van der Waals surface area contributed by atoms with Crippen LogP contribution in [0.5, 0.6) is 0 Å². The van der Waals surface area contributed by atoms with Crippen LogP contribution in [0, 0.1) is 11.8 Å². The standard InChI is InChI=1S/C11H14N2O2S2/c12-5-1-2-9-6-10(16-8-9)7-13-17(14,15)11-3-4-11/h6,8,11,13H,3-5,7,12H2. The van der Waals surface area contributed by atoms with Gasteiger partial charge in [0.25, 0.3) is 0 Å².